The number of hydrogen-bond acceptors (Lipinski definition) is 5. The minimum absolute atomic E-state index is 0.179. The van der Waals surface area contributed by atoms with Crippen LogP contribution in [-0.4, -0.2) is 36.8 Å². The van der Waals surface area contributed by atoms with Gasteiger partial charge in [0.05, 0.1) is 11.3 Å². The summed E-state index contributed by atoms with van der Waals surface area (Å²) in [5.74, 6) is -0.571. The fraction of sp³-hybridized carbons (Fsp3) is 0.273. The van der Waals surface area contributed by atoms with Gasteiger partial charge in [-0.25, -0.2) is 13.6 Å². The van der Waals surface area contributed by atoms with Gasteiger partial charge in [0.2, 0.25) is 10.0 Å². The van der Waals surface area contributed by atoms with Crippen molar-refractivity contribution in [3.8, 4) is 0 Å². The van der Waals surface area contributed by atoms with E-state index in [0.29, 0.717) is 16.6 Å². The van der Waals surface area contributed by atoms with Crippen LogP contribution < -0.4 is 16.2 Å². The summed E-state index contributed by atoms with van der Waals surface area (Å²) in [4.78, 5) is 11.9. The van der Waals surface area contributed by atoms with Crippen LogP contribution in [0.15, 0.2) is 18.2 Å². The quantitative estimate of drug-likeness (QED) is 0.436. The fourth-order valence-electron chi connectivity index (χ4n) is 1.76. The van der Waals surface area contributed by atoms with Gasteiger partial charge in [-0.05, 0) is 24.6 Å². The first-order valence-electron chi connectivity index (χ1n) is 5.89. The van der Waals surface area contributed by atoms with Crippen LogP contribution in [0.5, 0.6) is 0 Å². The standard InChI is InChI=1S/C11H15N5O3S/c12-7-2-3-9-8(6-7)10(16-15-9)11(17)14-4-1-5-20(13,18)19/h2-3,6H,1,4-5,12H2,(H,14,17)(H,15,16)(H2,13,18,19). The number of sulfonamides is 1. The lowest BCUT2D eigenvalue weighted by Gasteiger charge is -2.03. The minimum Gasteiger partial charge on any atom is -0.399 e. The maximum absolute atomic E-state index is 11.9. The van der Waals surface area contributed by atoms with E-state index in [1.54, 1.807) is 18.2 Å². The van der Waals surface area contributed by atoms with Crippen LogP contribution in [0.4, 0.5) is 5.69 Å². The molecule has 2 rings (SSSR count). The van der Waals surface area contributed by atoms with Crippen molar-refractivity contribution in [1.29, 1.82) is 0 Å². The second kappa shape index (κ2) is 5.47. The Morgan fingerprint density at radius 3 is 2.85 bits per heavy atom. The molecule has 6 N–H and O–H groups in total. The van der Waals surface area contributed by atoms with E-state index in [2.05, 4.69) is 15.5 Å². The molecule has 1 amide bonds. The largest absolute Gasteiger partial charge is 0.399 e. The number of aromatic nitrogens is 2. The zero-order valence-corrected chi connectivity index (χ0v) is 11.4. The average Bonchev–Trinajstić information content (AvgIpc) is 2.76. The third-order valence-corrected chi connectivity index (χ3v) is 3.55. The van der Waals surface area contributed by atoms with E-state index in [-0.39, 0.29) is 24.4 Å². The molecule has 20 heavy (non-hydrogen) atoms. The number of anilines is 1. The Morgan fingerprint density at radius 1 is 1.40 bits per heavy atom. The van der Waals surface area contributed by atoms with Crippen molar-refractivity contribution in [3.05, 3.63) is 23.9 Å². The van der Waals surface area contributed by atoms with Crippen LogP contribution in [0.3, 0.4) is 0 Å². The summed E-state index contributed by atoms with van der Waals surface area (Å²) in [6, 6.07) is 5.09. The lowest BCUT2D eigenvalue weighted by molar-refractivity contribution is 0.0950. The molecule has 0 radical (unpaired) electrons. The van der Waals surface area contributed by atoms with E-state index >= 15 is 0 Å². The summed E-state index contributed by atoms with van der Waals surface area (Å²) in [7, 11) is -3.51. The molecule has 0 aliphatic heterocycles. The summed E-state index contributed by atoms with van der Waals surface area (Å²) < 4.78 is 21.5. The minimum atomic E-state index is -3.51. The first kappa shape index (κ1) is 14.3. The first-order valence-corrected chi connectivity index (χ1v) is 7.60. The monoisotopic (exact) mass is 297 g/mol. The third-order valence-electron chi connectivity index (χ3n) is 2.69. The smallest absolute Gasteiger partial charge is 0.272 e. The van der Waals surface area contributed by atoms with E-state index < -0.39 is 15.9 Å². The van der Waals surface area contributed by atoms with Gasteiger partial charge in [-0.1, -0.05) is 0 Å². The highest BCUT2D eigenvalue weighted by molar-refractivity contribution is 7.89. The molecule has 0 bridgehead atoms. The number of amides is 1. The predicted molar refractivity (Wildman–Crippen MR) is 75.4 cm³/mol. The van der Waals surface area contributed by atoms with Crippen LogP contribution >= 0.6 is 0 Å². The van der Waals surface area contributed by atoms with Gasteiger partial charge < -0.3 is 11.1 Å². The van der Waals surface area contributed by atoms with Crippen molar-refractivity contribution in [2.75, 3.05) is 18.0 Å². The number of nitrogens with two attached hydrogens (primary N) is 2. The van der Waals surface area contributed by atoms with Gasteiger partial charge in [0.1, 0.15) is 0 Å². The summed E-state index contributed by atoms with van der Waals surface area (Å²) in [5.41, 5.74) is 7.13. The number of hydrogen-bond donors (Lipinski definition) is 4. The van der Waals surface area contributed by atoms with Gasteiger partial charge in [0.15, 0.2) is 5.69 Å². The van der Waals surface area contributed by atoms with Crippen LogP contribution in [0.1, 0.15) is 16.9 Å². The van der Waals surface area contributed by atoms with E-state index in [0.717, 1.165) is 0 Å². The molecule has 2 aromatic rings. The summed E-state index contributed by atoms with van der Waals surface area (Å²) in [5, 5.41) is 14.7. The SMILES string of the molecule is Nc1ccc2[nH]nc(C(=O)NCCCS(N)(=O)=O)c2c1. The number of H-pyrrole nitrogens is 1. The summed E-state index contributed by atoms with van der Waals surface area (Å²) in [6.45, 7) is 0.200. The molecule has 0 atom stereocenters. The molecule has 9 heteroatoms. The summed E-state index contributed by atoms with van der Waals surface area (Å²) in [6.07, 6.45) is 0.245. The molecule has 0 saturated heterocycles. The predicted octanol–water partition coefficient (Wildman–Crippen LogP) is -0.446. The van der Waals surface area contributed by atoms with Gasteiger partial charge in [-0.3, -0.25) is 9.89 Å². The lowest BCUT2D eigenvalue weighted by Crippen LogP contribution is -2.27. The third kappa shape index (κ3) is 3.45. The number of benzene rings is 1. The number of fused-ring (bicyclic) bond motifs is 1. The highest BCUT2D eigenvalue weighted by Crippen LogP contribution is 2.18. The van der Waals surface area contributed by atoms with E-state index in [1.165, 1.54) is 0 Å². The molecule has 1 aromatic heterocycles. The molecular weight excluding hydrogens is 282 g/mol. The topological polar surface area (TPSA) is 144 Å². The molecule has 0 unspecified atom stereocenters. The number of nitrogen functional groups attached to an aromatic ring is 1. The molecule has 1 aromatic carbocycles. The van der Waals surface area contributed by atoms with Gasteiger partial charge in [0, 0.05) is 17.6 Å². The van der Waals surface area contributed by atoms with Crippen LogP contribution in [0.25, 0.3) is 10.9 Å². The zero-order valence-electron chi connectivity index (χ0n) is 10.6. The molecule has 8 nitrogen and oxygen atoms in total. The molecule has 0 fully saturated rings. The van der Waals surface area contributed by atoms with Crippen molar-refractivity contribution >= 4 is 32.5 Å². The lowest BCUT2D eigenvalue weighted by atomic mass is 10.2. The summed E-state index contributed by atoms with van der Waals surface area (Å²) >= 11 is 0. The first-order chi connectivity index (χ1) is 9.37. The fourth-order valence-corrected chi connectivity index (χ4v) is 2.31. The number of carbonyl (C=O) groups excluding carboxylic acids is 1. The van der Waals surface area contributed by atoms with Crippen molar-refractivity contribution < 1.29 is 13.2 Å². The molecule has 1 heterocycles. The van der Waals surface area contributed by atoms with Crippen molar-refractivity contribution in [3.63, 3.8) is 0 Å². The molecule has 0 spiro atoms. The Hall–Kier alpha value is -2.13. The highest BCUT2D eigenvalue weighted by atomic mass is 32.2. The van der Waals surface area contributed by atoms with Gasteiger partial charge in [0.25, 0.3) is 5.91 Å². The molecular formula is C11H15N5O3S. The van der Waals surface area contributed by atoms with E-state index in [9.17, 15) is 13.2 Å². The van der Waals surface area contributed by atoms with Crippen LogP contribution in [0.2, 0.25) is 0 Å². The molecule has 108 valence electrons. The maximum Gasteiger partial charge on any atom is 0.272 e. The Morgan fingerprint density at radius 2 is 2.15 bits per heavy atom. The van der Waals surface area contributed by atoms with Crippen LogP contribution in [-0.2, 0) is 10.0 Å². The highest BCUT2D eigenvalue weighted by Gasteiger charge is 2.14. The van der Waals surface area contributed by atoms with Gasteiger partial charge in [-0.15, -0.1) is 0 Å². The van der Waals surface area contributed by atoms with Crippen molar-refractivity contribution in [2.45, 2.75) is 6.42 Å². The van der Waals surface area contributed by atoms with E-state index in [4.69, 9.17) is 10.9 Å². The second-order valence-electron chi connectivity index (χ2n) is 4.35. The van der Waals surface area contributed by atoms with Crippen molar-refractivity contribution in [2.24, 2.45) is 5.14 Å². The Bertz CT molecular complexity index is 738. The molecule has 0 saturated carbocycles. The van der Waals surface area contributed by atoms with Gasteiger partial charge in [-0.2, -0.15) is 5.10 Å². The normalized spacial score (nSPS) is 11.7. The number of aromatic amines is 1. The number of carbonyl (C=O) groups is 1. The van der Waals surface area contributed by atoms with Crippen molar-refractivity contribution in [1.82, 2.24) is 15.5 Å². The maximum atomic E-state index is 11.9. The average molecular weight is 297 g/mol. The molecule has 0 aliphatic rings. The number of nitrogens with zero attached hydrogens (tertiary/aromatic N) is 1. The zero-order chi connectivity index (χ0) is 14.8. The number of rotatable bonds is 5. The van der Waals surface area contributed by atoms with Crippen LogP contribution in [0, 0.1) is 0 Å². The van der Waals surface area contributed by atoms with Gasteiger partial charge >= 0.3 is 0 Å². The number of primary sulfonamides is 1. The Kier molecular flexibility index (Phi) is 3.91. The molecule has 0 aliphatic carbocycles. The number of nitrogens with one attached hydrogen (secondary N) is 2. The second-order valence-corrected chi connectivity index (χ2v) is 6.09. The Labute approximate surface area is 115 Å². The van der Waals surface area contributed by atoms with E-state index in [1.807, 2.05) is 0 Å². The Balaban J connectivity index is 2.03.